The molecule has 3 rings (SSSR count). The molecule has 0 saturated carbocycles. The smallest absolute Gasteiger partial charge is 0.319 e. The molecule has 0 fully saturated rings. The Balaban J connectivity index is 2.00. The van der Waals surface area contributed by atoms with Crippen LogP contribution in [0.4, 0.5) is 5.69 Å². The molecule has 3 N–H and O–H groups in total. The highest BCUT2D eigenvalue weighted by atomic mass is 16.2. The number of benzene rings is 1. The van der Waals surface area contributed by atoms with Crippen molar-refractivity contribution in [3.8, 4) is 0 Å². The number of hydrogen-bond acceptors (Lipinski definition) is 4. The highest BCUT2D eigenvalue weighted by molar-refractivity contribution is 6.07. The van der Waals surface area contributed by atoms with Crippen molar-refractivity contribution in [3.05, 3.63) is 69.1 Å². The van der Waals surface area contributed by atoms with E-state index in [1.165, 1.54) is 0 Å². The molecule has 0 aliphatic carbocycles. The van der Waals surface area contributed by atoms with Gasteiger partial charge in [0, 0.05) is 17.6 Å². The van der Waals surface area contributed by atoms with Crippen molar-refractivity contribution in [2.45, 2.75) is 0 Å². The minimum absolute atomic E-state index is 0.114. The third kappa shape index (κ3) is 2.57. The molecular weight excluding hydrogens is 272 g/mol. The van der Waals surface area contributed by atoms with Crippen molar-refractivity contribution in [2.24, 2.45) is 0 Å². The van der Waals surface area contributed by atoms with Crippen molar-refractivity contribution in [3.63, 3.8) is 0 Å². The molecule has 1 aromatic carbocycles. The van der Waals surface area contributed by atoms with Gasteiger partial charge in [-0.05, 0) is 12.1 Å². The van der Waals surface area contributed by atoms with Crippen LogP contribution in [0, 0.1) is 0 Å². The van der Waals surface area contributed by atoms with Gasteiger partial charge in [0.05, 0.1) is 11.2 Å². The van der Waals surface area contributed by atoms with Crippen LogP contribution in [-0.2, 0) is 0 Å². The molecule has 7 nitrogen and oxygen atoms in total. The second kappa shape index (κ2) is 5.04. The van der Waals surface area contributed by atoms with Crippen molar-refractivity contribution in [2.75, 3.05) is 5.32 Å². The standard InChI is InChI=1S/C14H10N4O3/c19-11-7-10(17-14(21)18-11)13(20)16-9-5-1-3-8-4-2-6-15-12(8)9/h1-7H,(H,16,20)(H2,17,18,19,21). The maximum atomic E-state index is 12.1. The normalized spacial score (nSPS) is 10.5. The Labute approximate surface area is 117 Å². The SMILES string of the molecule is O=C(Nc1cccc2cccnc12)c1cc(=O)[nH]c(=O)[nH]1. The minimum atomic E-state index is -0.733. The van der Waals surface area contributed by atoms with Crippen molar-refractivity contribution < 1.29 is 4.79 Å². The number of carbonyl (C=O) groups is 1. The number of nitrogens with one attached hydrogen (secondary N) is 3. The summed E-state index contributed by atoms with van der Waals surface area (Å²) in [7, 11) is 0. The van der Waals surface area contributed by atoms with E-state index < -0.39 is 17.2 Å². The monoisotopic (exact) mass is 282 g/mol. The first kappa shape index (κ1) is 12.8. The number of aromatic amines is 2. The van der Waals surface area contributed by atoms with E-state index in [1.807, 2.05) is 17.1 Å². The van der Waals surface area contributed by atoms with Crippen molar-refractivity contribution in [1.82, 2.24) is 15.0 Å². The summed E-state index contributed by atoms with van der Waals surface area (Å²) in [5.41, 5.74) is -0.361. The van der Waals surface area contributed by atoms with E-state index in [9.17, 15) is 14.4 Å². The fourth-order valence-electron chi connectivity index (χ4n) is 1.99. The second-order valence-corrected chi connectivity index (χ2v) is 4.34. The van der Waals surface area contributed by atoms with Crippen LogP contribution >= 0.6 is 0 Å². The molecular formula is C14H10N4O3. The zero-order valence-electron chi connectivity index (χ0n) is 10.7. The molecule has 2 aromatic heterocycles. The van der Waals surface area contributed by atoms with E-state index in [1.54, 1.807) is 24.4 Å². The predicted molar refractivity (Wildman–Crippen MR) is 77.4 cm³/mol. The average Bonchev–Trinajstić information content (AvgIpc) is 2.46. The fraction of sp³-hybridized carbons (Fsp3) is 0. The van der Waals surface area contributed by atoms with Crippen LogP contribution in [0.15, 0.2) is 52.2 Å². The summed E-state index contributed by atoms with van der Waals surface area (Å²) in [6.07, 6.45) is 1.62. The van der Waals surface area contributed by atoms with Gasteiger partial charge in [-0.1, -0.05) is 18.2 Å². The molecule has 0 radical (unpaired) electrons. The maximum absolute atomic E-state index is 12.1. The average molecular weight is 282 g/mol. The molecule has 0 atom stereocenters. The number of carbonyl (C=O) groups excluding carboxylic acids is 1. The van der Waals surface area contributed by atoms with E-state index in [-0.39, 0.29) is 5.69 Å². The molecule has 104 valence electrons. The van der Waals surface area contributed by atoms with E-state index in [0.717, 1.165) is 11.5 Å². The summed E-state index contributed by atoms with van der Waals surface area (Å²) in [6.45, 7) is 0. The molecule has 7 heteroatoms. The quantitative estimate of drug-likeness (QED) is 0.648. The number of hydrogen-bond donors (Lipinski definition) is 3. The number of rotatable bonds is 2. The first-order valence-electron chi connectivity index (χ1n) is 6.12. The van der Waals surface area contributed by atoms with Crippen LogP contribution in [0.25, 0.3) is 10.9 Å². The Bertz CT molecular complexity index is 909. The Morgan fingerprint density at radius 1 is 1.10 bits per heavy atom. The Morgan fingerprint density at radius 3 is 2.71 bits per heavy atom. The van der Waals surface area contributed by atoms with Gasteiger partial charge in [0.25, 0.3) is 11.5 Å². The number of nitrogens with zero attached hydrogens (tertiary/aromatic N) is 1. The Morgan fingerprint density at radius 2 is 1.90 bits per heavy atom. The van der Waals surface area contributed by atoms with Gasteiger partial charge in [0.2, 0.25) is 0 Å². The molecule has 1 amide bonds. The lowest BCUT2D eigenvalue weighted by molar-refractivity contribution is 0.102. The minimum Gasteiger partial charge on any atom is -0.319 e. The van der Waals surface area contributed by atoms with E-state index in [0.29, 0.717) is 11.2 Å². The van der Waals surface area contributed by atoms with Gasteiger partial charge < -0.3 is 10.3 Å². The fourth-order valence-corrected chi connectivity index (χ4v) is 1.99. The van der Waals surface area contributed by atoms with Crippen LogP contribution in [0.3, 0.4) is 0 Å². The molecule has 0 aliphatic heterocycles. The highest BCUT2D eigenvalue weighted by Crippen LogP contribution is 2.20. The van der Waals surface area contributed by atoms with E-state index in [4.69, 9.17) is 0 Å². The predicted octanol–water partition coefficient (Wildman–Crippen LogP) is 0.864. The van der Waals surface area contributed by atoms with Gasteiger partial charge in [0.1, 0.15) is 5.69 Å². The van der Waals surface area contributed by atoms with Gasteiger partial charge in [-0.2, -0.15) is 0 Å². The summed E-state index contributed by atoms with van der Waals surface area (Å²) in [5.74, 6) is -0.587. The van der Waals surface area contributed by atoms with Gasteiger partial charge in [0.15, 0.2) is 0 Å². The first-order chi connectivity index (χ1) is 10.1. The summed E-state index contributed by atoms with van der Waals surface area (Å²) in [6, 6.07) is 10.0. The molecule has 0 bridgehead atoms. The number of pyridine rings is 1. The number of aromatic nitrogens is 3. The largest absolute Gasteiger partial charge is 0.326 e. The third-order valence-electron chi connectivity index (χ3n) is 2.89. The van der Waals surface area contributed by atoms with Crippen molar-refractivity contribution >= 4 is 22.5 Å². The van der Waals surface area contributed by atoms with Crippen LogP contribution in [-0.4, -0.2) is 20.9 Å². The lowest BCUT2D eigenvalue weighted by atomic mass is 10.2. The third-order valence-corrected chi connectivity index (χ3v) is 2.89. The molecule has 0 spiro atoms. The van der Waals surface area contributed by atoms with Crippen molar-refractivity contribution in [1.29, 1.82) is 0 Å². The van der Waals surface area contributed by atoms with Crippen LogP contribution in [0.2, 0.25) is 0 Å². The number of H-pyrrole nitrogens is 2. The van der Waals surface area contributed by atoms with Gasteiger partial charge in [-0.25, -0.2) is 4.79 Å². The van der Waals surface area contributed by atoms with Gasteiger partial charge >= 0.3 is 5.69 Å². The topological polar surface area (TPSA) is 108 Å². The lowest BCUT2D eigenvalue weighted by Gasteiger charge is -2.07. The van der Waals surface area contributed by atoms with Gasteiger partial charge in [-0.3, -0.25) is 19.6 Å². The maximum Gasteiger partial charge on any atom is 0.326 e. The molecule has 2 heterocycles. The summed E-state index contributed by atoms with van der Waals surface area (Å²) >= 11 is 0. The molecule has 0 aliphatic rings. The second-order valence-electron chi connectivity index (χ2n) is 4.34. The number of fused-ring (bicyclic) bond motifs is 1. The van der Waals surface area contributed by atoms with Crippen LogP contribution in [0.5, 0.6) is 0 Å². The summed E-state index contributed by atoms with van der Waals surface area (Å²) < 4.78 is 0. The molecule has 0 unspecified atom stereocenters. The Hall–Kier alpha value is -3.22. The van der Waals surface area contributed by atoms with Gasteiger partial charge in [-0.15, -0.1) is 0 Å². The van der Waals surface area contributed by atoms with E-state index in [2.05, 4.69) is 15.3 Å². The Kier molecular flexibility index (Phi) is 3.07. The van der Waals surface area contributed by atoms with Crippen LogP contribution < -0.4 is 16.6 Å². The molecule has 3 aromatic rings. The lowest BCUT2D eigenvalue weighted by Crippen LogP contribution is -2.27. The number of para-hydroxylation sites is 1. The first-order valence-corrected chi connectivity index (χ1v) is 6.12. The highest BCUT2D eigenvalue weighted by Gasteiger charge is 2.10. The van der Waals surface area contributed by atoms with E-state index >= 15 is 0 Å². The number of anilines is 1. The van der Waals surface area contributed by atoms with Crippen LogP contribution in [0.1, 0.15) is 10.5 Å². The number of amides is 1. The summed E-state index contributed by atoms with van der Waals surface area (Å²) in [5, 5.41) is 3.50. The summed E-state index contributed by atoms with van der Waals surface area (Å²) in [4.78, 5) is 43.0. The molecule has 21 heavy (non-hydrogen) atoms. The zero-order valence-corrected chi connectivity index (χ0v) is 10.7. The molecule has 0 saturated heterocycles. The zero-order chi connectivity index (χ0) is 14.8.